The van der Waals surface area contributed by atoms with Gasteiger partial charge in [0.15, 0.2) is 5.78 Å². The van der Waals surface area contributed by atoms with Gasteiger partial charge in [-0.2, -0.15) is 0 Å². The van der Waals surface area contributed by atoms with Crippen LogP contribution in [0.25, 0.3) is 0 Å². The summed E-state index contributed by atoms with van der Waals surface area (Å²) in [4.78, 5) is 29.5. The highest BCUT2D eigenvalue weighted by Gasteiger charge is 2.39. The predicted molar refractivity (Wildman–Crippen MR) is 105 cm³/mol. The van der Waals surface area contributed by atoms with Crippen LogP contribution in [0.4, 0.5) is 0 Å². The van der Waals surface area contributed by atoms with Gasteiger partial charge in [0.25, 0.3) is 0 Å². The highest BCUT2D eigenvalue weighted by atomic mass is 32.1. The Morgan fingerprint density at radius 1 is 1.08 bits per heavy atom. The van der Waals surface area contributed by atoms with Crippen LogP contribution in [-0.4, -0.2) is 22.6 Å². The molecule has 1 saturated carbocycles. The van der Waals surface area contributed by atoms with E-state index in [1.807, 2.05) is 19.1 Å². The van der Waals surface area contributed by atoms with Crippen molar-refractivity contribution in [3.8, 4) is 0 Å². The lowest BCUT2D eigenvalue weighted by atomic mass is 9.86. The van der Waals surface area contributed by atoms with E-state index in [0.717, 1.165) is 41.9 Å². The third kappa shape index (κ3) is 3.61. The lowest BCUT2D eigenvalue weighted by Gasteiger charge is -2.36. The summed E-state index contributed by atoms with van der Waals surface area (Å²) in [5.41, 5.74) is 2.70. The summed E-state index contributed by atoms with van der Waals surface area (Å²) < 4.78 is 0. The third-order valence-electron chi connectivity index (χ3n) is 5.48. The zero-order valence-electron chi connectivity index (χ0n) is 15.2. The van der Waals surface area contributed by atoms with E-state index in [0.29, 0.717) is 18.9 Å². The molecule has 0 spiro atoms. The Bertz CT molecular complexity index is 821. The van der Waals surface area contributed by atoms with Gasteiger partial charge in [0, 0.05) is 23.8 Å². The number of thiophene rings is 1. The minimum atomic E-state index is 0.0937. The zero-order chi connectivity index (χ0) is 18.1. The molecule has 1 fully saturated rings. The number of ketones is 1. The Hall–Kier alpha value is -1.94. The van der Waals surface area contributed by atoms with Crippen LogP contribution in [-0.2, 0) is 11.2 Å². The summed E-state index contributed by atoms with van der Waals surface area (Å²) in [7, 11) is 0. The zero-order valence-corrected chi connectivity index (χ0v) is 16.1. The molecule has 4 heteroatoms. The lowest BCUT2D eigenvalue weighted by Crippen LogP contribution is -2.38. The number of amides is 1. The topological polar surface area (TPSA) is 37.4 Å². The Morgan fingerprint density at radius 2 is 1.88 bits per heavy atom. The van der Waals surface area contributed by atoms with Crippen molar-refractivity contribution >= 4 is 23.0 Å². The first kappa shape index (κ1) is 17.5. The maximum absolute atomic E-state index is 13.1. The molecule has 0 aliphatic heterocycles. The molecule has 2 aromatic rings. The Balaban J connectivity index is 1.47. The quantitative estimate of drug-likeness (QED) is 0.667. The molecule has 0 bridgehead atoms. The first-order valence-electron chi connectivity index (χ1n) is 9.62. The third-order valence-corrected chi connectivity index (χ3v) is 6.52. The standard InChI is InChI=1S/C22H25NO2S/c1-15-9-13-21(26-15)20(24)12-14-22(25)23(17-10-11-17)19-8-4-6-16-5-2-3-7-18(16)19/h2-3,5,7,9,13,17,19H,4,6,8,10-12,14H2,1H3. The van der Waals surface area contributed by atoms with Crippen LogP contribution in [0.5, 0.6) is 0 Å². The maximum atomic E-state index is 13.1. The molecule has 0 N–H and O–H groups in total. The van der Waals surface area contributed by atoms with Crippen molar-refractivity contribution in [3.05, 3.63) is 57.3 Å². The first-order valence-corrected chi connectivity index (χ1v) is 10.4. The minimum Gasteiger partial charge on any atom is -0.333 e. The molecule has 136 valence electrons. The van der Waals surface area contributed by atoms with E-state index in [2.05, 4.69) is 29.2 Å². The number of rotatable bonds is 6. The molecule has 1 heterocycles. The monoisotopic (exact) mass is 367 g/mol. The molecule has 26 heavy (non-hydrogen) atoms. The number of hydrogen-bond donors (Lipinski definition) is 0. The number of fused-ring (bicyclic) bond motifs is 1. The maximum Gasteiger partial charge on any atom is 0.223 e. The fraction of sp³-hybridized carbons (Fsp3) is 0.455. The van der Waals surface area contributed by atoms with E-state index in [9.17, 15) is 9.59 Å². The van der Waals surface area contributed by atoms with Gasteiger partial charge in [0.05, 0.1) is 10.9 Å². The molecule has 0 saturated heterocycles. The van der Waals surface area contributed by atoms with Crippen LogP contribution < -0.4 is 0 Å². The minimum absolute atomic E-state index is 0.0937. The number of hydrogen-bond acceptors (Lipinski definition) is 3. The molecule has 2 aliphatic rings. The summed E-state index contributed by atoms with van der Waals surface area (Å²) in [6, 6.07) is 13.0. The molecule has 2 aliphatic carbocycles. The van der Waals surface area contributed by atoms with Gasteiger partial charge in [-0.05, 0) is 62.3 Å². The van der Waals surface area contributed by atoms with E-state index in [4.69, 9.17) is 0 Å². The van der Waals surface area contributed by atoms with E-state index in [1.54, 1.807) is 0 Å². The molecular weight excluding hydrogens is 342 g/mol. The van der Waals surface area contributed by atoms with Crippen molar-refractivity contribution in [2.45, 2.75) is 64.0 Å². The highest BCUT2D eigenvalue weighted by Crippen LogP contribution is 2.41. The number of nitrogens with zero attached hydrogens (tertiary/aromatic N) is 1. The van der Waals surface area contributed by atoms with Crippen molar-refractivity contribution in [1.82, 2.24) is 4.90 Å². The number of Topliss-reactive ketones (excluding diaryl/α,β-unsaturated/α-hetero) is 1. The van der Waals surface area contributed by atoms with Gasteiger partial charge < -0.3 is 4.90 Å². The van der Waals surface area contributed by atoms with E-state index in [1.165, 1.54) is 22.5 Å². The van der Waals surface area contributed by atoms with Crippen molar-refractivity contribution in [3.63, 3.8) is 0 Å². The molecular formula is C22H25NO2S. The van der Waals surface area contributed by atoms with Crippen LogP contribution in [0, 0.1) is 6.92 Å². The molecule has 1 aromatic carbocycles. The van der Waals surface area contributed by atoms with Gasteiger partial charge in [-0.25, -0.2) is 0 Å². The molecule has 1 atom stereocenters. The van der Waals surface area contributed by atoms with Crippen LogP contribution >= 0.6 is 11.3 Å². The van der Waals surface area contributed by atoms with Crippen LogP contribution in [0.1, 0.15) is 70.2 Å². The molecule has 1 unspecified atom stereocenters. The molecule has 4 rings (SSSR count). The lowest BCUT2D eigenvalue weighted by molar-refractivity contribution is -0.134. The second kappa shape index (κ2) is 7.36. The number of aryl methyl sites for hydroxylation is 2. The van der Waals surface area contributed by atoms with Crippen LogP contribution in [0.3, 0.4) is 0 Å². The average molecular weight is 368 g/mol. The van der Waals surface area contributed by atoms with E-state index >= 15 is 0 Å². The average Bonchev–Trinajstić information content (AvgIpc) is 3.39. The second-order valence-electron chi connectivity index (χ2n) is 7.47. The van der Waals surface area contributed by atoms with E-state index < -0.39 is 0 Å². The van der Waals surface area contributed by atoms with Gasteiger partial charge in [0.2, 0.25) is 5.91 Å². The van der Waals surface area contributed by atoms with Crippen LogP contribution in [0.2, 0.25) is 0 Å². The largest absolute Gasteiger partial charge is 0.333 e. The Morgan fingerprint density at radius 3 is 2.62 bits per heavy atom. The molecule has 1 aromatic heterocycles. The molecule has 1 amide bonds. The van der Waals surface area contributed by atoms with Crippen LogP contribution in [0.15, 0.2) is 36.4 Å². The highest BCUT2D eigenvalue weighted by molar-refractivity contribution is 7.14. The Kier molecular flexibility index (Phi) is 4.94. The van der Waals surface area contributed by atoms with Crippen molar-refractivity contribution in [1.29, 1.82) is 0 Å². The SMILES string of the molecule is Cc1ccc(C(=O)CCC(=O)N(C2CC2)C2CCCc3ccccc32)s1. The van der Waals surface area contributed by atoms with Gasteiger partial charge in [-0.3, -0.25) is 9.59 Å². The second-order valence-corrected chi connectivity index (χ2v) is 8.76. The summed E-state index contributed by atoms with van der Waals surface area (Å²) in [6.07, 6.45) is 6.12. The number of carbonyl (C=O) groups is 2. The van der Waals surface area contributed by atoms with Gasteiger partial charge in [-0.15, -0.1) is 11.3 Å². The molecule has 3 nitrogen and oxygen atoms in total. The molecule has 0 radical (unpaired) electrons. The first-order chi connectivity index (χ1) is 12.6. The van der Waals surface area contributed by atoms with Crippen molar-refractivity contribution in [2.24, 2.45) is 0 Å². The predicted octanol–water partition coefficient (Wildman–Crippen LogP) is 5.09. The summed E-state index contributed by atoms with van der Waals surface area (Å²) in [6.45, 7) is 2.00. The summed E-state index contributed by atoms with van der Waals surface area (Å²) in [5, 5.41) is 0. The van der Waals surface area contributed by atoms with Gasteiger partial charge >= 0.3 is 0 Å². The Labute approximate surface area is 159 Å². The van der Waals surface area contributed by atoms with Gasteiger partial charge in [0.1, 0.15) is 0 Å². The van der Waals surface area contributed by atoms with Crippen molar-refractivity contribution < 1.29 is 9.59 Å². The normalized spacial score (nSPS) is 19.0. The fourth-order valence-corrected chi connectivity index (χ4v) is 4.89. The summed E-state index contributed by atoms with van der Waals surface area (Å²) in [5.74, 6) is 0.243. The van der Waals surface area contributed by atoms with E-state index in [-0.39, 0.29) is 17.7 Å². The number of benzene rings is 1. The summed E-state index contributed by atoms with van der Waals surface area (Å²) >= 11 is 1.52. The smallest absolute Gasteiger partial charge is 0.223 e. The number of carbonyl (C=O) groups excluding carboxylic acids is 2. The van der Waals surface area contributed by atoms with Gasteiger partial charge in [-0.1, -0.05) is 24.3 Å². The van der Waals surface area contributed by atoms with Crippen molar-refractivity contribution in [2.75, 3.05) is 0 Å². The fourth-order valence-electron chi connectivity index (χ4n) is 4.06.